The highest BCUT2D eigenvalue weighted by atomic mass is 32.2. The molecule has 0 amide bonds. The van der Waals surface area contributed by atoms with E-state index in [0.717, 1.165) is 36.0 Å². The Morgan fingerprint density at radius 1 is 1.15 bits per heavy atom. The van der Waals surface area contributed by atoms with E-state index in [-0.39, 0.29) is 4.91 Å². The summed E-state index contributed by atoms with van der Waals surface area (Å²) in [6, 6.07) is 9.63. The minimum absolute atomic E-state index is 0.110. The van der Waals surface area contributed by atoms with Crippen molar-refractivity contribution in [3.05, 3.63) is 68.9 Å². The number of methoxy groups -OCH3 is 1. The molecule has 3 rings (SSSR count). The maximum Gasteiger partial charge on any atom is 0.342 e. The zero-order chi connectivity index (χ0) is 24.0. The summed E-state index contributed by atoms with van der Waals surface area (Å²) in [7, 11) is 1.56. The number of nitrogens with one attached hydrogen (secondary N) is 1. The fourth-order valence-electron chi connectivity index (χ4n) is 3.54. The van der Waals surface area contributed by atoms with Crippen LogP contribution in [0, 0.1) is 20.8 Å². The Bertz CT molecular complexity index is 1150. The molecule has 3 aromatic rings. The molecule has 33 heavy (non-hydrogen) atoms. The first-order valence-corrected chi connectivity index (χ1v) is 11.5. The third kappa shape index (κ3) is 6.38. The molecule has 7 nitrogen and oxygen atoms in total. The second kappa shape index (κ2) is 11.0. The molecule has 0 bridgehead atoms. The van der Waals surface area contributed by atoms with E-state index in [1.165, 1.54) is 16.7 Å². The number of carbonyl (C=O) groups is 1. The molecule has 0 atom stereocenters. The van der Waals surface area contributed by atoms with E-state index in [1.54, 1.807) is 31.4 Å². The van der Waals surface area contributed by atoms with Gasteiger partial charge in [-0.05, 0) is 79.4 Å². The first-order valence-electron chi connectivity index (χ1n) is 10.7. The zero-order valence-corrected chi connectivity index (χ0v) is 20.4. The number of aromatic amines is 1. The molecule has 0 saturated heterocycles. The van der Waals surface area contributed by atoms with Crippen LogP contribution in [0.15, 0.2) is 40.4 Å². The monoisotopic (exact) mass is 467 g/mol. The van der Waals surface area contributed by atoms with Gasteiger partial charge in [0, 0.05) is 6.42 Å². The number of aliphatic carboxylic acids is 1. The molecule has 1 heterocycles. The largest absolute Gasteiger partial charge is 0.493 e. The molecule has 8 heteroatoms. The molecule has 0 aliphatic heterocycles. The summed E-state index contributed by atoms with van der Waals surface area (Å²) >= 11 is 1.00. The van der Waals surface area contributed by atoms with Crippen molar-refractivity contribution in [3.8, 4) is 11.5 Å². The minimum Gasteiger partial charge on any atom is -0.493 e. The lowest BCUT2D eigenvalue weighted by molar-refractivity contribution is -0.131. The molecule has 0 fully saturated rings. The summed E-state index contributed by atoms with van der Waals surface area (Å²) in [6.45, 7) is 8.70. The fraction of sp³-hybridized carbons (Fsp3) is 0.320. The van der Waals surface area contributed by atoms with Gasteiger partial charge in [0.2, 0.25) is 5.16 Å². The van der Waals surface area contributed by atoms with Gasteiger partial charge in [-0.15, -0.1) is 5.10 Å². The van der Waals surface area contributed by atoms with E-state index in [1.807, 2.05) is 6.92 Å². The van der Waals surface area contributed by atoms with Crippen molar-refractivity contribution in [1.82, 2.24) is 15.2 Å². The highest BCUT2D eigenvalue weighted by Crippen LogP contribution is 2.32. The van der Waals surface area contributed by atoms with E-state index in [2.05, 4.69) is 48.1 Å². The number of H-pyrrole nitrogens is 1. The van der Waals surface area contributed by atoms with Gasteiger partial charge in [-0.1, -0.05) is 30.7 Å². The molecule has 2 aromatic carbocycles. The lowest BCUT2D eigenvalue weighted by Gasteiger charge is -2.15. The number of carboxylic acid groups (broad SMARTS) is 1. The predicted molar refractivity (Wildman–Crippen MR) is 130 cm³/mol. The Kier molecular flexibility index (Phi) is 8.16. The summed E-state index contributed by atoms with van der Waals surface area (Å²) in [5.41, 5.74) is 5.41. The van der Waals surface area contributed by atoms with Crippen LogP contribution in [0.4, 0.5) is 0 Å². The van der Waals surface area contributed by atoms with Crippen molar-refractivity contribution in [3.63, 3.8) is 0 Å². The third-order valence-corrected chi connectivity index (χ3v) is 5.99. The number of benzene rings is 2. The summed E-state index contributed by atoms with van der Waals surface area (Å²) in [6.07, 6.45) is 3.27. The van der Waals surface area contributed by atoms with Crippen LogP contribution in [0.3, 0.4) is 0 Å². The fourth-order valence-corrected chi connectivity index (χ4v) is 4.26. The SMILES string of the molecule is CCCc1nc(S/C(=C\c2ccc(OCc3c(C)cc(C)cc3C)c(OC)c2)C(=O)O)n[nH]1. The normalized spacial score (nSPS) is 11.5. The van der Waals surface area contributed by atoms with Crippen molar-refractivity contribution in [2.45, 2.75) is 52.3 Å². The maximum absolute atomic E-state index is 11.8. The van der Waals surface area contributed by atoms with Crippen LogP contribution in [0.2, 0.25) is 0 Å². The number of ether oxygens (including phenoxy) is 2. The third-order valence-electron chi connectivity index (χ3n) is 5.11. The summed E-state index contributed by atoms with van der Waals surface area (Å²) in [5, 5.41) is 17.0. The smallest absolute Gasteiger partial charge is 0.342 e. The number of carboxylic acids is 1. The number of thioether (sulfide) groups is 1. The van der Waals surface area contributed by atoms with Crippen LogP contribution in [0.1, 0.15) is 47.0 Å². The van der Waals surface area contributed by atoms with E-state index in [4.69, 9.17) is 9.47 Å². The van der Waals surface area contributed by atoms with Crippen molar-refractivity contribution in [2.24, 2.45) is 0 Å². The molecular weight excluding hydrogens is 438 g/mol. The maximum atomic E-state index is 11.8. The molecule has 0 radical (unpaired) electrons. The molecular formula is C25H29N3O4S. The summed E-state index contributed by atoms with van der Waals surface area (Å²) in [5.74, 6) is 0.819. The molecule has 0 saturated carbocycles. The van der Waals surface area contributed by atoms with E-state index >= 15 is 0 Å². The number of aromatic nitrogens is 3. The van der Waals surface area contributed by atoms with Gasteiger partial charge in [0.05, 0.1) is 7.11 Å². The first-order chi connectivity index (χ1) is 15.8. The van der Waals surface area contributed by atoms with Crippen LogP contribution in [0.25, 0.3) is 6.08 Å². The highest BCUT2D eigenvalue weighted by Gasteiger charge is 2.15. The Balaban J connectivity index is 1.79. The zero-order valence-electron chi connectivity index (χ0n) is 19.6. The average molecular weight is 468 g/mol. The first kappa shape index (κ1) is 24.4. The summed E-state index contributed by atoms with van der Waals surface area (Å²) < 4.78 is 11.6. The molecule has 0 unspecified atom stereocenters. The van der Waals surface area contributed by atoms with Gasteiger partial charge >= 0.3 is 5.97 Å². The van der Waals surface area contributed by atoms with Crippen molar-refractivity contribution < 1.29 is 19.4 Å². The van der Waals surface area contributed by atoms with Crippen molar-refractivity contribution in [2.75, 3.05) is 7.11 Å². The lowest BCUT2D eigenvalue weighted by atomic mass is 10.0. The molecule has 0 aliphatic carbocycles. The summed E-state index contributed by atoms with van der Waals surface area (Å²) in [4.78, 5) is 16.2. The van der Waals surface area contributed by atoms with Crippen molar-refractivity contribution in [1.29, 1.82) is 0 Å². The molecule has 2 N–H and O–H groups in total. The van der Waals surface area contributed by atoms with Crippen LogP contribution in [-0.2, 0) is 17.8 Å². The van der Waals surface area contributed by atoms with Gasteiger partial charge in [-0.3, -0.25) is 5.10 Å². The van der Waals surface area contributed by atoms with Gasteiger partial charge in [0.15, 0.2) is 11.5 Å². The number of hydrogen-bond acceptors (Lipinski definition) is 6. The highest BCUT2D eigenvalue weighted by molar-refractivity contribution is 8.04. The van der Waals surface area contributed by atoms with Crippen LogP contribution in [0.5, 0.6) is 11.5 Å². The van der Waals surface area contributed by atoms with E-state index < -0.39 is 5.97 Å². The molecule has 0 aliphatic rings. The minimum atomic E-state index is -1.05. The van der Waals surface area contributed by atoms with Gasteiger partial charge in [0.1, 0.15) is 17.3 Å². The van der Waals surface area contributed by atoms with Crippen molar-refractivity contribution >= 4 is 23.8 Å². The topological polar surface area (TPSA) is 97.3 Å². The Morgan fingerprint density at radius 3 is 2.52 bits per heavy atom. The van der Waals surface area contributed by atoms with Gasteiger partial charge in [-0.25, -0.2) is 9.78 Å². The van der Waals surface area contributed by atoms with Gasteiger partial charge in [-0.2, -0.15) is 0 Å². The van der Waals surface area contributed by atoms with Crippen LogP contribution < -0.4 is 9.47 Å². The Hall–Kier alpha value is -3.26. The second-order valence-corrected chi connectivity index (χ2v) is 8.82. The Labute approximate surface area is 198 Å². The Morgan fingerprint density at radius 2 is 1.88 bits per heavy atom. The molecule has 0 spiro atoms. The average Bonchev–Trinajstić information content (AvgIpc) is 3.20. The van der Waals surface area contributed by atoms with E-state index in [0.29, 0.717) is 28.8 Å². The molecule has 174 valence electrons. The van der Waals surface area contributed by atoms with Gasteiger partial charge in [0.25, 0.3) is 0 Å². The van der Waals surface area contributed by atoms with Gasteiger partial charge < -0.3 is 14.6 Å². The molecule has 1 aromatic heterocycles. The quantitative estimate of drug-likeness (QED) is 0.301. The number of nitrogens with zero attached hydrogens (tertiary/aromatic N) is 2. The second-order valence-electron chi connectivity index (χ2n) is 7.81. The number of rotatable bonds is 10. The lowest BCUT2D eigenvalue weighted by Crippen LogP contribution is -2.03. The van der Waals surface area contributed by atoms with Crippen LogP contribution in [-0.4, -0.2) is 33.4 Å². The van der Waals surface area contributed by atoms with Crippen LogP contribution >= 0.6 is 11.8 Å². The standard InChI is InChI=1S/C25H29N3O4S/c1-6-7-23-26-25(28-27-23)33-22(24(29)30)13-18-8-9-20(21(12-18)31-5)32-14-19-16(3)10-15(2)11-17(19)4/h8-13H,6-7,14H2,1-5H3,(H,29,30)(H,26,27,28)/b22-13-. The predicted octanol–water partition coefficient (Wildman–Crippen LogP) is 5.49. The van der Waals surface area contributed by atoms with E-state index in [9.17, 15) is 9.90 Å². The number of hydrogen-bond donors (Lipinski definition) is 2. The number of aryl methyl sites for hydroxylation is 4.